The SMILES string of the molecule is CN(CCc1ccc(C(=O)O)cc1)c1c[nH]c(=S)n1C1CCc2ccccc2C1. The molecule has 0 aliphatic heterocycles. The van der Waals surface area contributed by atoms with Crippen molar-refractivity contribution < 1.29 is 9.90 Å². The Labute approximate surface area is 175 Å². The van der Waals surface area contributed by atoms with Crippen LogP contribution >= 0.6 is 12.2 Å². The molecular formula is C23H25N3O2S. The highest BCUT2D eigenvalue weighted by atomic mass is 32.1. The number of benzene rings is 2. The van der Waals surface area contributed by atoms with E-state index in [1.54, 1.807) is 12.1 Å². The summed E-state index contributed by atoms with van der Waals surface area (Å²) in [6, 6.07) is 16.1. The van der Waals surface area contributed by atoms with Gasteiger partial charge in [-0.05, 0) is 66.7 Å². The number of carboxylic acid groups (broad SMARTS) is 1. The van der Waals surface area contributed by atoms with Gasteiger partial charge in [-0.3, -0.25) is 0 Å². The Bertz CT molecular complexity index is 1070. The normalized spacial score (nSPS) is 15.7. The van der Waals surface area contributed by atoms with Crippen LogP contribution in [0.25, 0.3) is 0 Å². The summed E-state index contributed by atoms with van der Waals surface area (Å²) in [7, 11) is 2.08. The van der Waals surface area contributed by atoms with Crippen molar-refractivity contribution in [3.63, 3.8) is 0 Å². The lowest BCUT2D eigenvalue weighted by Gasteiger charge is -2.29. The standard InChI is InChI=1S/C23H25N3O2S/c1-25(13-12-16-6-8-18(9-7-16)22(27)28)21-15-24-23(29)26(21)20-11-10-17-4-2-3-5-19(17)14-20/h2-9,15,20H,10-14H2,1H3,(H,24,29)(H,27,28). The maximum absolute atomic E-state index is 11.0. The second-order valence-electron chi connectivity index (χ2n) is 7.66. The predicted octanol–water partition coefficient (Wildman–Crippen LogP) is 4.65. The Morgan fingerprint density at radius 2 is 1.93 bits per heavy atom. The van der Waals surface area contributed by atoms with Crippen LogP contribution in [-0.4, -0.2) is 34.2 Å². The van der Waals surface area contributed by atoms with Gasteiger partial charge in [0.15, 0.2) is 4.77 Å². The Morgan fingerprint density at radius 1 is 1.21 bits per heavy atom. The van der Waals surface area contributed by atoms with Crippen LogP contribution in [0.2, 0.25) is 0 Å². The van der Waals surface area contributed by atoms with E-state index in [0.29, 0.717) is 11.6 Å². The number of aromatic nitrogens is 2. The molecule has 0 fully saturated rings. The summed E-state index contributed by atoms with van der Waals surface area (Å²) >= 11 is 5.61. The molecule has 6 heteroatoms. The number of nitrogens with one attached hydrogen (secondary N) is 1. The fraction of sp³-hybridized carbons (Fsp3) is 0.304. The van der Waals surface area contributed by atoms with Gasteiger partial charge in [0.25, 0.3) is 0 Å². The number of hydrogen-bond acceptors (Lipinski definition) is 3. The quantitative estimate of drug-likeness (QED) is 0.584. The molecular weight excluding hydrogens is 382 g/mol. The first-order valence-corrected chi connectivity index (χ1v) is 10.3. The summed E-state index contributed by atoms with van der Waals surface area (Å²) in [6.45, 7) is 0.822. The van der Waals surface area contributed by atoms with Gasteiger partial charge in [-0.25, -0.2) is 4.79 Å². The van der Waals surface area contributed by atoms with E-state index >= 15 is 0 Å². The number of aromatic amines is 1. The molecule has 3 aromatic rings. The van der Waals surface area contributed by atoms with Crippen LogP contribution in [-0.2, 0) is 19.3 Å². The van der Waals surface area contributed by atoms with Gasteiger partial charge in [0.05, 0.1) is 5.56 Å². The summed E-state index contributed by atoms with van der Waals surface area (Å²) in [6.07, 6.45) is 5.99. The average molecular weight is 408 g/mol. The molecule has 150 valence electrons. The molecule has 1 heterocycles. The number of carbonyl (C=O) groups is 1. The molecule has 5 nitrogen and oxygen atoms in total. The zero-order valence-corrected chi connectivity index (χ0v) is 17.3. The van der Waals surface area contributed by atoms with Crippen molar-refractivity contribution in [1.29, 1.82) is 0 Å². The average Bonchev–Trinajstić information content (AvgIpc) is 3.13. The minimum atomic E-state index is -0.894. The fourth-order valence-electron chi connectivity index (χ4n) is 4.14. The van der Waals surface area contributed by atoms with Gasteiger partial charge in [-0.1, -0.05) is 36.4 Å². The number of fused-ring (bicyclic) bond motifs is 1. The third-order valence-corrected chi connectivity index (χ3v) is 6.12. The van der Waals surface area contributed by atoms with Gasteiger partial charge in [-0.15, -0.1) is 0 Å². The number of rotatable bonds is 6. The smallest absolute Gasteiger partial charge is 0.335 e. The monoisotopic (exact) mass is 407 g/mol. The largest absolute Gasteiger partial charge is 0.478 e. The first-order valence-electron chi connectivity index (χ1n) is 9.93. The van der Waals surface area contributed by atoms with E-state index < -0.39 is 5.97 Å². The molecule has 0 saturated carbocycles. The molecule has 1 aliphatic carbocycles. The zero-order valence-electron chi connectivity index (χ0n) is 16.5. The Hall–Kier alpha value is -2.86. The van der Waals surface area contributed by atoms with E-state index in [0.717, 1.165) is 48.4 Å². The van der Waals surface area contributed by atoms with Crippen molar-refractivity contribution in [3.05, 3.63) is 81.8 Å². The molecule has 1 atom stereocenters. The highest BCUT2D eigenvalue weighted by molar-refractivity contribution is 7.71. The molecule has 1 unspecified atom stereocenters. The van der Waals surface area contributed by atoms with E-state index in [2.05, 4.69) is 45.8 Å². The number of aryl methyl sites for hydroxylation is 1. The minimum Gasteiger partial charge on any atom is -0.478 e. The Kier molecular flexibility index (Phi) is 5.53. The van der Waals surface area contributed by atoms with Crippen LogP contribution < -0.4 is 4.90 Å². The van der Waals surface area contributed by atoms with Gasteiger partial charge >= 0.3 is 5.97 Å². The molecule has 29 heavy (non-hydrogen) atoms. The first kappa shape index (κ1) is 19.5. The molecule has 0 radical (unpaired) electrons. The number of anilines is 1. The van der Waals surface area contributed by atoms with E-state index in [1.807, 2.05) is 18.3 Å². The lowest BCUT2D eigenvalue weighted by Crippen LogP contribution is -2.27. The van der Waals surface area contributed by atoms with E-state index in [9.17, 15) is 4.79 Å². The van der Waals surface area contributed by atoms with Crippen LogP contribution in [0.4, 0.5) is 5.82 Å². The molecule has 1 aromatic heterocycles. The van der Waals surface area contributed by atoms with Gasteiger partial charge in [0.1, 0.15) is 5.82 Å². The molecule has 0 saturated heterocycles. The maximum atomic E-state index is 11.0. The van der Waals surface area contributed by atoms with E-state index in [-0.39, 0.29) is 0 Å². The molecule has 0 bridgehead atoms. The number of likely N-dealkylation sites (N-methyl/N-ethyl adjacent to an activating group) is 1. The molecule has 4 rings (SSSR count). The van der Waals surface area contributed by atoms with Crippen LogP contribution in [0.3, 0.4) is 0 Å². The molecule has 1 aliphatic rings. The van der Waals surface area contributed by atoms with Crippen LogP contribution in [0, 0.1) is 4.77 Å². The van der Waals surface area contributed by atoms with E-state index in [4.69, 9.17) is 17.3 Å². The number of hydrogen-bond donors (Lipinski definition) is 2. The maximum Gasteiger partial charge on any atom is 0.335 e. The fourth-order valence-corrected chi connectivity index (χ4v) is 4.44. The van der Waals surface area contributed by atoms with Gasteiger partial charge in [-0.2, -0.15) is 0 Å². The number of nitrogens with zero attached hydrogens (tertiary/aromatic N) is 2. The first-order chi connectivity index (χ1) is 14.0. The molecule has 0 spiro atoms. The predicted molar refractivity (Wildman–Crippen MR) is 117 cm³/mol. The third kappa shape index (κ3) is 4.12. The van der Waals surface area contributed by atoms with Crippen molar-refractivity contribution in [1.82, 2.24) is 9.55 Å². The Balaban J connectivity index is 1.48. The van der Waals surface area contributed by atoms with Gasteiger partial charge in [0, 0.05) is 25.8 Å². The van der Waals surface area contributed by atoms with Crippen molar-refractivity contribution in [2.75, 3.05) is 18.5 Å². The lowest BCUT2D eigenvalue weighted by atomic mass is 9.88. The number of aromatic carboxylic acids is 1. The second-order valence-corrected chi connectivity index (χ2v) is 8.05. The molecule has 0 amide bonds. The second kappa shape index (κ2) is 8.25. The summed E-state index contributed by atoms with van der Waals surface area (Å²) in [4.78, 5) is 16.5. The lowest BCUT2D eigenvalue weighted by molar-refractivity contribution is 0.0697. The summed E-state index contributed by atoms with van der Waals surface area (Å²) in [5.41, 5.74) is 4.30. The summed E-state index contributed by atoms with van der Waals surface area (Å²) < 4.78 is 3.03. The van der Waals surface area contributed by atoms with Crippen LogP contribution in [0.5, 0.6) is 0 Å². The number of H-pyrrole nitrogens is 1. The highest BCUT2D eigenvalue weighted by Crippen LogP contribution is 2.32. The molecule has 2 aromatic carbocycles. The van der Waals surface area contributed by atoms with Crippen molar-refractivity contribution >= 4 is 24.0 Å². The van der Waals surface area contributed by atoms with Gasteiger partial charge in [0.2, 0.25) is 0 Å². The summed E-state index contributed by atoms with van der Waals surface area (Å²) in [5, 5.41) is 9.04. The van der Waals surface area contributed by atoms with Crippen molar-refractivity contribution in [2.24, 2.45) is 0 Å². The Morgan fingerprint density at radius 3 is 2.66 bits per heavy atom. The zero-order chi connectivity index (χ0) is 20.4. The van der Waals surface area contributed by atoms with Crippen molar-refractivity contribution in [3.8, 4) is 0 Å². The topological polar surface area (TPSA) is 61.3 Å². The van der Waals surface area contributed by atoms with Gasteiger partial charge < -0.3 is 19.6 Å². The number of carboxylic acids is 1. The molecule has 2 N–H and O–H groups in total. The van der Waals surface area contributed by atoms with Crippen LogP contribution in [0.1, 0.15) is 39.5 Å². The minimum absolute atomic E-state index is 0.318. The number of imidazole rings is 1. The van der Waals surface area contributed by atoms with E-state index in [1.165, 1.54) is 11.1 Å². The highest BCUT2D eigenvalue weighted by Gasteiger charge is 2.23. The summed E-state index contributed by atoms with van der Waals surface area (Å²) in [5.74, 6) is 0.204. The van der Waals surface area contributed by atoms with Crippen LogP contribution in [0.15, 0.2) is 54.7 Å². The van der Waals surface area contributed by atoms with Crippen molar-refractivity contribution in [2.45, 2.75) is 31.7 Å². The third-order valence-electron chi connectivity index (χ3n) is 5.80.